The minimum absolute atomic E-state index is 0.0209. The Balaban J connectivity index is 1.73. The Morgan fingerprint density at radius 3 is 2.67 bits per heavy atom. The van der Waals surface area contributed by atoms with Crippen molar-refractivity contribution in [3.8, 4) is 5.75 Å². The summed E-state index contributed by atoms with van der Waals surface area (Å²) in [6, 6.07) is 10.3. The van der Waals surface area contributed by atoms with Crippen molar-refractivity contribution in [3.05, 3.63) is 75.4 Å². The highest BCUT2D eigenvalue weighted by Crippen LogP contribution is 2.31. The molecule has 0 saturated carbocycles. The Morgan fingerprint density at radius 2 is 1.93 bits per heavy atom. The highest BCUT2D eigenvalue weighted by Gasteiger charge is 2.35. The minimum atomic E-state index is -0.638. The molecule has 1 atom stereocenters. The summed E-state index contributed by atoms with van der Waals surface area (Å²) >= 11 is 0. The van der Waals surface area contributed by atoms with Crippen molar-refractivity contribution in [1.82, 2.24) is 5.32 Å². The number of nitrogens with one attached hydrogen (secondary N) is 1. The number of rotatable bonds is 5. The van der Waals surface area contributed by atoms with Gasteiger partial charge in [0, 0.05) is 0 Å². The van der Waals surface area contributed by atoms with Gasteiger partial charge in [-0.3, -0.25) is 9.59 Å². The first-order valence-electron chi connectivity index (χ1n) is 8.88. The van der Waals surface area contributed by atoms with E-state index < -0.39 is 23.2 Å². The summed E-state index contributed by atoms with van der Waals surface area (Å²) in [6.07, 6.45) is 2.02. The average Bonchev–Trinajstić information content (AvgIpc) is 3.00. The number of halogens is 1. The van der Waals surface area contributed by atoms with Crippen LogP contribution in [0.15, 0.2) is 51.7 Å². The summed E-state index contributed by atoms with van der Waals surface area (Å²) in [4.78, 5) is 25.2. The molecule has 6 heteroatoms. The summed E-state index contributed by atoms with van der Waals surface area (Å²) in [5.41, 5.74) is 0.721. The molecule has 138 valence electrons. The molecule has 0 spiro atoms. The summed E-state index contributed by atoms with van der Waals surface area (Å²) in [5.74, 6) is -0.282. The van der Waals surface area contributed by atoms with Gasteiger partial charge in [0.1, 0.15) is 17.1 Å². The number of carbonyl (C=O) groups excluding carboxylic acids is 1. The van der Waals surface area contributed by atoms with Gasteiger partial charge in [-0.15, -0.1) is 0 Å². The Labute approximate surface area is 154 Å². The summed E-state index contributed by atoms with van der Waals surface area (Å²) in [5, 5.41) is 2.89. The summed E-state index contributed by atoms with van der Waals surface area (Å²) < 4.78 is 24.8. The van der Waals surface area contributed by atoms with E-state index in [2.05, 4.69) is 12.2 Å². The molecule has 2 heterocycles. The summed E-state index contributed by atoms with van der Waals surface area (Å²) in [7, 11) is 0. The molecule has 0 radical (unpaired) electrons. The second-order valence-corrected chi connectivity index (χ2v) is 6.49. The van der Waals surface area contributed by atoms with E-state index >= 15 is 0 Å². The first-order chi connectivity index (χ1) is 13.1. The van der Waals surface area contributed by atoms with Gasteiger partial charge in [-0.2, -0.15) is 0 Å². The first-order valence-corrected chi connectivity index (χ1v) is 8.88. The topological polar surface area (TPSA) is 68.5 Å². The van der Waals surface area contributed by atoms with Gasteiger partial charge in [0.25, 0.3) is 5.91 Å². The van der Waals surface area contributed by atoms with Crippen molar-refractivity contribution in [1.29, 1.82) is 0 Å². The van der Waals surface area contributed by atoms with Gasteiger partial charge in [-0.1, -0.05) is 25.5 Å². The number of hydrogen-bond acceptors (Lipinski definition) is 4. The fourth-order valence-electron chi connectivity index (χ4n) is 3.22. The van der Waals surface area contributed by atoms with E-state index in [4.69, 9.17) is 9.15 Å². The molecule has 1 N–H and O–H groups in total. The van der Waals surface area contributed by atoms with Crippen molar-refractivity contribution < 1.29 is 18.3 Å². The lowest BCUT2D eigenvalue weighted by molar-refractivity contribution is 0.0938. The van der Waals surface area contributed by atoms with Gasteiger partial charge in [0.15, 0.2) is 5.43 Å². The zero-order valence-electron chi connectivity index (χ0n) is 14.8. The molecule has 0 aliphatic carbocycles. The van der Waals surface area contributed by atoms with Crippen LogP contribution in [0.5, 0.6) is 5.75 Å². The predicted octanol–water partition coefficient (Wildman–Crippen LogP) is 3.94. The van der Waals surface area contributed by atoms with E-state index in [9.17, 15) is 14.0 Å². The molecule has 0 saturated heterocycles. The Kier molecular flexibility index (Phi) is 4.39. The zero-order chi connectivity index (χ0) is 19.0. The predicted molar refractivity (Wildman–Crippen MR) is 98.6 cm³/mol. The van der Waals surface area contributed by atoms with E-state index in [0.717, 1.165) is 30.2 Å². The number of ether oxygens (including phenoxy) is 1. The lowest BCUT2D eigenvalue weighted by Gasteiger charge is -2.13. The third-order valence-corrected chi connectivity index (χ3v) is 4.64. The van der Waals surface area contributed by atoms with Crippen LogP contribution in [-0.2, 0) is 0 Å². The molecule has 0 fully saturated rings. The van der Waals surface area contributed by atoms with Gasteiger partial charge in [-0.05, 0) is 42.3 Å². The van der Waals surface area contributed by atoms with Crippen molar-refractivity contribution in [2.45, 2.75) is 25.8 Å². The molecular formula is C21H18FNO4. The largest absolute Gasteiger partial charge is 0.494 e. The highest BCUT2D eigenvalue weighted by molar-refractivity contribution is 5.98. The Bertz CT molecular complexity index is 1070. The van der Waals surface area contributed by atoms with Crippen LogP contribution in [0.25, 0.3) is 11.0 Å². The number of carbonyl (C=O) groups is 1. The maximum atomic E-state index is 13.6. The number of unbranched alkanes of at least 4 members (excludes halogenated alkanes) is 1. The van der Waals surface area contributed by atoms with Gasteiger partial charge >= 0.3 is 0 Å². The van der Waals surface area contributed by atoms with Crippen LogP contribution in [0, 0.1) is 5.82 Å². The monoisotopic (exact) mass is 367 g/mol. The van der Waals surface area contributed by atoms with E-state index in [-0.39, 0.29) is 22.3 Å². The van der Waals surface area contributed by atoms with Crippen LogP contribution in [0.2, 0.25) is 0 Å². The van der Waals surface area contributed by atoms with Gasteiger partial charge < -0.3 is 14.5 Å². The molecule has 5 nitrogen and oxygen atoms in total. The molecular weight excluding hydrogens is 349 g/mol. The average molecular weight is 367 g/mol. The molecule has 1 aliphatic heterocycles. The van der Waals surface area contributed by atoms with Crippen molar-refractivity contribution in [2.24, 2.45) is 0 Å². The van der Waals surface area contributed by atoms with Crippen LogP contribution in [-0.4, -0.2) is 12.5 Å². The molecule has 0 bridgehead atoms. The number of fused-ring (bicyclic) bond motifs is 2. The molecule has 27 heavy (non-hydrogen) atoms. The SMILES string of the molecule is CCCCOc1ccc(C2NC(=O)c3oc4ccc(F)cc4c(=O)c32)cc1. The fourth-order valence-corrected chi connectivity index (χ4v) is 3.22. The first kappa shape index (κ1) is 17.3. The zero-order valence-corrected chi connectivity index (χ0v) is 14.8. The number of benzene rings is 2. The second-order valence-electron chi connectivity index (χ2n) is 6.49. The smallest absolute Gasteiger partial charge is 0.288 e. The Morgan fingerprint density at radius 1 is 1.15 bits per heavy atom. The molecule has 2 aromatic carbocycles. The minimum Gasteiger partial charge on any atom is -0.494 e. The van der Waals surface area contributed by atoms with Crippen LogP contribution in [0.4, 0.5) is 4.39 Å². The van der Waals surface area contributed by atoms with Crippen LogP contribution in [0.1, 0.15) is 47.5 Å². The molecule has 4 rings (SSSR count). The highest BCUT2D eigenvalue weighted by atomic mass is 19.1. The van der Waals surface area contributed by atoms with Crippen LogP contribution >= 0.6 is 0 Å². The quantitative estimate of drug-likeness (QED) is 0.694. The molecule has 1 unspecified atom stereocenters. The second kappa shape index (κ2) is 6.87. The van der Waals surface area contributed by atoms with E-state index in [0.29, 0.717) is 6.61 Å². The number of amides is 1. The maximum Gasteiger partial charge on any atom is 0.288 e. The fraction of sp³-hybridized carbons (Fsp3) is 0.238. The van der Waals surface area contributed by atoms with E-state index in [1.165, 1.54) is 12.1 Å². The lowest BCUT2D eigenvalue weighted by Crippen LogP contribution is -2.21. The third kappa shape index (κ3) is 3.07. The number of hydrogen-bond donors (Lipinski definition) is 1. The normalized spacial score (nSPS) is 15.6. The Hall–Kier alpha value is -3.15. The third-order valence-electron chi connectivity index (χ3n) is 4.64. The molecule has 1 aromatic heterocycles. The molecule has 1 amide bonds. The molecule has 1 aliphatic rings. The maximum absolute atomic E-state index is 13.6. The van der Waals surface area contributed by atoms with E-state index in [1.54, 1.807) is 24.3 Å². The van der Waals surface area contributed by atoms with Gasteiger partial charge in [0.05, 0.1) is 23.6 Å². The molecule has 3 aromatic rings. The van der Waals surface area contributed by atoms with Crippen LogP contribution < -0.4 is 15.5 Å². The summed E-state index contributed by atoms with van der Waals surface area (Å²) in [6.45, 7) is 2.73. The standard InChI is InChI=1S/C21H18FNO4/c1-2-3-10-26-14-7-4-12(5-8-14)18-17-19(24)15-11-13(22)6-9-16(15)27-20(17)21(25)23-18/h4-9,11,18H,2-3,10H2,1H3,(H,23,25). The lowest BCUT2D eigenvalue weighted by atomic mass is 9.99. The van der Waals surface area contributed by atoms with Crippen LogP contribution in [0.3, 0.4) is 0 Å². The van der Waals surface area contributed by atoms with Gasteiger partial charge in [-0.25, -0.2) is 4.39 Å². The van der Waals surface area contributed by atoms with Gasteiger partial charge in [0.2, 0.25) is 5.76 Å². The van der Waals surface area contributed by atoms with Crippen molar-refractivity contribution in [3.63, 3.8) is 0 Å². The van der Waals surface area contributed by atoms with Crippen molar-refractivity contribution >= 4 is 16.9 Å². The van der Waals surface area contributed by atoms with Crippen molar-refractivity contribution in [2.75, 3.05) is 6.61 Å². The van der Waals surface area contributed by atoms with E-state index in [1.807, 2.05) is 0 Å².